The van der Waals surface area contributed by atoms with Crippen molar-refractivity contribution in [2.24, 2.45) is 0 Å². The highest BCUT2D eigenvalue weighted by Gasteiger charge is 2.52. The SMILES string of the molecule is C=C/C=C\C=C1/N(c2ccccc2)c2ccccc2C12C=CC(C)(C)O2. The Kier molecular flexibility index (Phi) is 3.93. The van der Waals surface area contributed by atoms with E-state index in [1.165, 1.54) is 5.56 Å². The van der Waals surface area contributed by atoms with E-state index < -0.39 is 5.60 Å². The van der Waals surface area contributed by atoms with Crippen LogP contribution in [0.5, 0.6) is 0 Å². The van der Waals surface area contributed by atoms with Crippen molar-refractivity contribution in [3.05, 3.63) is 109 Å². The van der Waals surface area contributed by atoms with E-state index in [2.05, 4.69) is 92.1 Å². The molecule has 1 unspecified atom stereocenters. The monoisotopic (exact) mass is 341 g/mol. The van der Waals surface area contributed by atoms with Gasteiger partial charge in [0, 0.05) is 11.3 Å². The lowest BCUT2D eigenvalue weighted by Crippen LogP contribution is -2.33. The summed E-state index contributed by atoms with van der Waals surface area (Å²) >= 11 is 0. The molecule has 2 aromatic rings. The van der Waals surface area contributed by atoms with E-state index in [0.29, 0.717) is 0 Å². The molecule has 0 aliphatic carbocycles. The van der Waals surface area contributed by atoms with Crippen LogP contribution in [0, 0.1) is 0 Å². The number of rotatable bonds is 3. The number of para-hydroxylation sites is 2. The van der Waals surface area contributed by atoms with Crippen molar-refractivity contribution < 1.29 is 4.74 Å². The summed E-state index contributed by atoms with van der Waals surface area (Å²) in [5.41, 5.74) is 3.63. The van der Waals surface area contributed by atoms with Crippen LogP contribution >= 0.6 is 0 Å². The summed E-state index contributed by atoms with van der Waals surface area (Å²) in [6.07, 6.45) is 12.2. The number of ether oxygens (including phenoxy) is 1. The third kappa shape index (κ3) is 2.54. The van der Waals surface area contributed by atoms with Crippen molar-refractivity contribution in [1.82, 2.24) is 0 Å². The minimum absolute atomic E-state index is 0.318. The lowest BCUT2D eigenvalue weighted by molar-refractivity contribution is -0.0492. The zero-order chi connectivity index (χ0) is 18.2. The highest BCUT2D eigenvalue weighted by atomic mass is 16.5. The molecule has 1 spiro atoms. The molecule has 0 fully saturated rings. The van der Waals surface area contributed by atoms with Gasteiger partial charge in [-0.1, -0.05) is 67.3 Å². The van der Waals surface area contributed by atoms with Gasteiger partial charge >= 0.3 is 0 Å². The van der Waals surface area contributed by atoms with Crippen LogP contribution in [0.1, 0.15) is 19.4 Å². The number of hydrogen-bond acceptors (Lipinski definition) is 2. The summed E-state index contributed by atoms with van der Waals surface area (Å²) in [6.45, 7) is 7.98. The van der Waals surface area contributed by atoms with Crippen LogP contribution in [-0.4, -0.2) is 5.60 Å². The van der Waals surface area contributed by atoms with Gasteiger partial charge < -0.3 is 9.64 Å². The maximum Gasteiger partial charge on any atom is 0.155 e. The molecule has 0 amide bonds. The number of anilines is 2. The molecule has 130 valence electrons. The molecule has 0 saturated heterocycles. The Morgan fingerprint density at radius 3 is 2.35 bits per heavy atom. The second-order valence-electron chi connectivity index (χ2n) is 7.14. The second kappa shape index (κ2) is 6.15. The number of allylic oxidation sites excluding steroid dienone is 4. The molecule has 2 aliphatic heterocycles. The normalized spacial score (nSPS) is 24.7. The number of benzene rings is 2. The van der Waals surface area contributed by atoms with E-state index >= 15 is 0 Å². The van der Waals surface area contributed by atoms with Crippen molar-refractivity contribution in [3.63, 3.8) is 0 Å². The second-order valence-corrected chi connectivity index (χ2v) is 7.14. The van der Waals surface area contributed by atoms with Gasteiger partial charge in [0.25, 0.3) is 0 Å². The Balaban J connectivity index is 1.97. The molecule has 0 aromatic heterocycles. The van der Waals surface area contributed by atoms with Gasteiger partial charge in [0.2, 0.25) is 0 Å². The third-order valence-corrected chi connectivity index (χ3v) is 4.83. The third-order valence-electron chi connectivity index (χ3n) is 4.83. The lowest BCUT2D eigenvalue weighted by atomic mass is 9.93. The van der Waals surface area contributed by atoms with E-state index in [0.717, 1.165) is 17.1 Å². The van der Waals surface area contributed by atoms with Crippen LogP contribution in [0.4, 0.5) is 11.4 Å². The molecular formula is C24H23NO. The van der Waals surface area contributed by atoms with Crippen LogP contribution in [0.3, 0.4) is 0 Å². The molecule has 26 heavy (non-hydrogen) atoms. The Morgan fingerprint density at radius 1 is 0.923 bits per heavy atom. The maximum absolute atomic E-state index is 6.64. The zero-order valence-electron chi connectivity index (χ0n) is 15.2. The van der Waals surface area contributed by atoms with Crippen molar-refractivity contribution in [2.45, 2.75) is 25.0 Å². The Morgan fingerprint density at radius 2 is 1.65 bits per heavy atom. The highest BCUT2D eigenvalue weighted by Crippen LogP contribution is 2.56. The fraction of sp³-hybridized carbons (Fsp3) is 0.167. The van der Waals surface area contributed by atoms with Crippen LogP contribution in [0.25, 0.3) is 0 Å². The van der Waals surface area contributed by atoms with Gasteiger partial charge in [-0.15, -0.1) is 0 Å². The number of hydrogen-bond donors (Lipinski definition) is 0. The predicted octanol–water partition coefficient (Wildman–Crippen LogP) is 6.02. The van der Waals surface area contributed by atoms with Gasteiger partial charge in [-0.05, 0) is 44.2 Å². The molecule has 0 saturated carbocycles. The fourth-order valence-electron chi connectivity index (χ4n) is 3.78. The summed E-state index contributed by atoms with van der Waals surface area (Å²) in [5, 5.41) is 0. The van der Waals surface area contributed by atoms with E-state index in [-0.39, 0.29) is 5.60 Å². The quantitative estimate of drug-likeness (QED) is 0.499. The average Bonchev–Trinajstić information content (AvgIpc) is 3.11. The molecule has 1 atom stereocenters. The summed E-state index contributed by atoms with van der Waals surface area (Å²) in [5.74, 6) is 0. The van der Waals surface area contributed by atoms with Gasteiger partial charge in [0.15, 0.2) is 5.60 Å². The number of fused-ring (bicyclic) bond motifs is 2. The van der Waals surface area contributed by atoms with Gasteiger partial charge in [-0.3, -0.25) is 0 Å². The Bertz CT molecular complexity index is 920. The molecule has 0 radical (unpaired) electrons. The first kappa shape index (κ1) is 16.6. The lowest BCUT2D eigenvalue weighted by Gasteiger charge is -2.32. The minimum Gasteiger partial charge on any atom is -0.350 e. The first-order valence-corrected chi connectivity index (χ1v) is 8.92. The van der Waals surface area contributed by atoms with E-state index in [1.807, 2.05) is 18.2 Å². The molecular weight excluding hydrogens is 318 g/mol. The molecule has 2 aromatic carbocycles. The highest BCUT2D eigenvalue weighted by molar-refractivity contribution is 5.81. The molecule has 4 rings (SSSR count). The van der Waals surface area contributed by atoms with Crippen LogP contribution in [-0.2, 0) is 10.3 Å². The van der Waals surface area contributed by atoms with Crippen molar-refractivity contribution in [3.8, 4) is 0 Å². The van der Waals surface area contributed by atoms with E-state index in [9.17, 15) is 0 Å². The van der Waals surface area contributed by atoms with Crippen molar-refractivity contribution in [2.75, 3.05) is 4.90 Å². The van der Waals surface area contributed by atoms with Crippen molar-refractivity contribution in [1.29, 1.82) is 0 Å². The average molecular weight is 341 g/mol. The first-order chi connectivity index (χ1) is 12.6. The predicted molar refractivity (Wildman–Crippen MR) is 108 cm³/mol. The van der Waals surface area contributed by atoms with Gasteiger partial charge in [0.1, 0.15) is 0 Å². The fourth-order valence-corrected chi connectivity index (χ4v) is 3.78. The van der Waals surface area contributed by atoms with Crippen molar-refractivity contribution >= 4 is 11.4 Å². The van der Waals surface area contributed by atoms with Crippen LogP contribution < -0.4 is 4.90 Å². The minimum atomic E-state index is -0.582. The topological polar surface area (TPSA) is 12.5 Å². The standard InChI is InChI=1S/C24H23NO/c1-4-5-7-16-22-24(18-17-23(2,3)26-24)20-14-10-11-15-21(20)25(22)19-12-8-6-9-13-19/h4-18H,1H2,2-3H3/b7-5-,22-16-. The molecule has 2 heterocycles. The summed E-state index contributed by atoms with van der Waals surface area (Å²) < 4.78 is 6.64. The largest absolute Gasteiger partial charge is 0.350 e. The molecule has 0 N–H and O–H groups in total. The van der Waals surface area contributed by atoms with Crippen LogP contribution in [0.2, 0.25) is 0 Å². The Labute approximate surface area is 155 Å². The van der Waals surface area contributed by atoms with Crippen LogP contribution in [0.15, 0.2) is 103 Å². The summed E-state index contributed by atoms with van der Waals surface area (Å²) in [7, 11) is 0. The first-order valence-electron chi connectivity index (χ1n) is 8.92. The maximum atomic E-state index is 6.64. The van der Waals surface area contributed by atoms with E-state index in [4.69, 9.17) is 4.74 Å². The summed E-state index contributed by atoms with van der Waals surface area (Å²) in [4.78, 5) is 2.29. The van der Waals surface area contributed by atoms with Gasteiger partial charge in [-0.25, -0.2) is 0 Å². The smallest absolute Gasteiger partial charge is 0.155 e. The molecule has 0 bridgehead atoms. The van der Waals surface area contributed by atoms with Gasteiger partial charge in [0.05, 0.1) is 17.0 Å². The Hall–Kier alpha value is -2.84. The molecule has 2 heteroatoms. The molecule has 2 aliphatic rings. The molecule has 2 nitrogen and oxygen atoms in total. The van der Waals surface area contributed by atoms with Gasteiger partial charge in [-0.2, -0.15) is 0 Å². The summed E-state index contributed by atoms with van der Waals surface area (Å²) in [6, 6.07) is 18.9. The van der Waals surface area contributed by atoms with E-state index in [1.54, 1.807) is 6.08 Å². The number of nitrogens with zero attached hydrogens (tertiary/aromatic N) is 1. The zero-order valence-corrected chi connectivity index (χ0v) is 15.2.